The van der Waals surface area contributed by atoms with Crippen LogP contribution in [0.1, 0.15) is 20.8 Å². The highest BCUT2D eigenvalue weighted by atomic mass is 16.6. The van der Waals surface area contributed by atoms with E-state index in [4.69, 9.17) is 0 Å². The number of carbonyl (C=O) groups excluding carboxylic acids is 1. The first-order valence-corrected chi connectivity index (χ1v) is 4.17. The van der Waals surface area contributed by atoms with Crippen LogP contribution < -0.4 is 0 Å². The van der Waals surface area contributed by atoms with Crippen molar-refractivity contribution in [3.05, 3.63) is 46.7 Å². The molecule has 0 aromatic carbocycles. The van der Waals surface area contributed by atoms with Gasteiger partial charge in [-0.3, -0.25) is 14.9 Å². The quantitative estimate of drug-likeness (QED) is 0.301. The van der Waals surface area contributed by atoms with E-state index in [2.05, 4.69) is 13.2 Å². The van der Waals surface area contributed by atoms with Crippen LogP contribution in [0.5, 0.6) is 0 Å². The van der Waals surface area contributed by atoms with Gasteiger partial charge in [-0.05, 0) is 13.5 Å². The predicted octanol–water partition coefficient (Wildman–Crippen LogP) is 2.50. The topological polar surface area (TPSA) is 60.2 Å². The number of allylic oxidation sites excluding steroid dienone is 3. The summed E-state index contributed by atoms with van der Waals surface area (Å²) in [5.74, 6) is -0.270. The molecule has 0 amide bonds. The lowest BCUT2D eigenvalue weighted by molar-refractivity contribution is -0.418. The Hall–Kier alpha value is -1.71. The van der Waals surface area contributed by atoms with Gasteiger partial charge in [0.2, 0.25) is 0 Å². The van der Waals surface area contributed by atoms with Crippen molar-refractivity contribution < 1.29 is 9.72 Å². The second-order valence-corrected chi connectivity index (χ2v) is 2.11. The summed E-state index contributed by atoms with van der Waals surface area (Å²) < 4.78 is 0. The Morgan fingerprint density at radius 2 is 1.86 bits per heavy atom. The number of hydrogen-bond donors (Lipinski definition) is 0. The van der Waals surface area contributed by atoms with E-state index in [1.165, 1.54) is 13.0 Å². The first-order chi connectivity index (χ1) is 6.49. The molecule has 0 bridgehead atoms. The summed E-state index contributed by atoms with van der Waals surface area (Å²) in [6.07, 6.45) is 2.35. The van der Waals surface area contributed by atoms with Crippen molar-refractivity contribution in [2.45, 2.75) is 20.8 Å². The number of nitrogens with zero attached hydrogens (tertiary/aromatic N) is 1. The zero-order valence-corrected chi connectivity index (χ0v) is 8.74. The molecule has 4 nitrogen and oxygen atoms in total. The van der Waals surface area contributed by atoms with Crippen molar-refractivity contribution in [3.8, 4) is 0 Å². The van der Waals surface area contributed by atoms with Crippen LogP contribution in [0.25, 0.3) is 0 Å². The molecule has 0 radical (unpaired) electrons. The highest BCUT2D eigenvalue weighted by molar-refractivity contribution is 5.96. The molecule has 0 aliphatic rings. The Balaban J connectivity index is 0. The number of Topliss-reactive ketones (excluding diaryl/α,β-unsaturated/α-hetero) is 1. The van der Waals surface area contributed by atoms with E-state index < -0.39 is 4.92 Å². The maximum atomic E-state index is 10.7. The van der Waals surface area contributed by atoms with Crippen LogP contribution >= 0.6 is 0 Å². The average molecular weight is 197 g/mol. The lowest BCUT2D eigenvalue weighted by Gasteiger charge is -1.92. The number of ketones is 1. The largest absolute Gasteiger partial charge is 0.295 e. The molecular weight excluding hydrogens is 182 g/mol. The van der Waals surface area contributed by atoms with Gasteiger partial charge in [0.05, 0.1) is 4.92 Å². The summed E-state index contributed by atoms with van der Waals surface area (Å²) in [5.41, 5.74) is -0.128. The number of hydrogen-bond acceptors (Lipinski definition) is 3. The third-order valence-electron chi connectivity index (χ3n) is 1.18. The molecule has 4 heteroatoms. The van der Waals surface area contributed by atoms with Gasteiger partial charge in [0, 0.05) is 11.6 Å². The molecule has 0 atom stereocenters. The lowest BCUT2D eigenvalue weighted by Crippen LogP contribution is -1.98. The zero-order valence-electron chi connectivity index (χ0n) is 8.74. The molecule has 0 N–H and O–H groups in total. The molecule has 78 valence electrons. The zero-order chi connectivity index (χ0) is 11.7. The van der Waals surface area contributed by atoms with Crippen molar-refractivity contribution in [1.29, 1.82) is 0 Å². The van der Waals surface area contributed by atoms with E-state index in [1.807, 2.05) is 13.8 Å². The van der Waals surface area contributed by atoms with Crippen molar-refractivity contribution in [2.24, 2.45) is 0 Å². The van der Waals surface area contributed by atoms with Gasteiger partial charge in [0.15, 0.2) is 5.78 Å². The summed E-state index contributed by atoms with van der Waals surface area (Å²) in [6.45, 7) is 11.8. The minimum absolute atomic E-state index is 0.191. The molecule has 0 spiro atoms. The Bertz CT molecular complexity index is 277. The van der Waals surface area contributed by atoms with Crippen LogP contribution in [0.15, 0.2) is 36.6 Å². The Labute approximate surface area is 83.8 Å². The third-order valence-corrected chi connectivity index (χ3v) is 1.18. The highest BCUT2D eigenvalue weighted by Crippen LogP contribution is 2.03. The van der Waals surface area contributed by atoms with E-state index in [0.29, 0.717) is 0 Å². The van der Waals surface area contributed by atoms with E-state index in [-0.39, 0.29) is 17.1 Å². The van der Waals surface area contributed by atoms with Crippen LogP contribution in [0.2, 0.25) is 0 Å². The standard InChI is InChI=1S/C8H9NO3.C2H6/c1-4-8(7(3)10)5-6(2)9(11)12;1-2/h4-5H,1-2H2,3H3;1-2H3/b8-5+;. The molecule has 0 rings (SSSR count). The maximum Gasteiger partial charge on any atom is 0.263 e. The van der Waals surface area contributed by atoms with E-state index in [0.717, 1.165) is 6.08 Å². The molecule has 0 fully saturated rings. The molecule has 14 heavy (non-hydrogen) atoms. The normalized spacial score (nSPS) is 9.50. The van der Waals surface area contributed by atoms with E-state index in [1.54, 1.807) is 0 Å². The summed E-state index contributed by atoms with van der Waals surface area (Å²) in [7, 11) is 0. The number of nitro groups is 1. The van der Waals surface area contributed by atoms with Gasteiger partial charge in [0.1, 0.15) is 0 Å². The fraction of sp³-hybridized carbons (Fsp3) is 0.300. The highest BCUT2D eigenvalue weighted by Gasteiger charge is 2.06. The minimum atomic E-state index is -0.660. The second kappa shape index (κ2) is 7.91. The monoisotopic (exact) mass is 197 g/mol. The first kappa shape index (κ1) is 14.8. The third kappa shape index (κ3) is 5.88. The molecule has 0 saturated heterocycles. The summed E-state index contributed by atoms with van der Waals surface area (Å²) in [5, 5.41) is 10.1. The fourth-order valence-electron chi connectivity index (χ4n) is 0.536. The molecular formula is C10H15NO3. The van der Waals surface area contributed by atoms with Crippen LogP contribution in [-0.4, -0.2) is 10.7 Å². The maximum absolute atomic E-state index is 10.7. The minimum Gasteiger partial charge on any atom is -0.295 e. The number of carbonyl (C=O) groups is 1. The Morgan fingerprint density at radius 3 is 2.07 bits per heavy atom. The van der Waals surface area contributed by atoms with Gasteiger partial charge >= 0.3 is 0 Å². The van der Waals surface area contributed by atoms with Gasteiger partial charge < -0.3 is 0 Å². The smallest absolute Gasteiger partial charge is 0.263 e. The van der Waals surface area contributed by atoms with Crippen LogP contribution in [-0.2, 0) is 4.79 Å². The van der Waals surface area contributed by atoms with Gasteiger partial charge in [0.25, 0.3) is 5.70 Å². The first-order valence-electron chi connectivity index (χ1n) is 4.17. The summed E-state index contributed by atoms with van der Waals surface area (Å²) in [6, 6.07) is 0. The van der Waals surface area contributed by atoms with E-state index in [9.17, 15) is 14.9 Å². The summed E-state index contributed by atoms with van der Waals surface area (Å²) in [4.78, 5) is 20.2. The fourth-order valence-corrected chi connectivity index (χ4v) is 0.536. The average Bonchev–Trinajstić information content (AvgIpc) is 2.16. The van der Waals surface area contributed by atoms with Crippen LogP contribution in [0.3, 0.4) is 0 Å². The van der Waals surface area contributed by atoms with Crippen LogP contribution in [0, 0.1) is 10.1 Å². The van der Waals surface area contributed by atoms with Crippen molar-refractivity contribution in [1.82, 2.24) is 0 Å². The number of rotatable bonds is 4. The second-order valence-electron chi connectivity index (χ2n) is 2.11. The SMILES string of the molecule is C=C/C(=C\C(=C)[N+](=O)[O-])C(C)=O.CC. The molecule has 0 aliphatic heterocycles. The summed E-state index contributed by atoms with van der Waals surface area (Å²) >= 11 is 0. The van der Waals surface area contributed by atoms with Gasteiger partial charge in [-0.1, -0.05) is 26.5 Å². The van der Waals surface area contributed by atoms with Gasteiger partial charge in [-0.2, -0.15) is 0 Å². The molecule has 0 heterocycles. The van der Waals surface area contributed by atoms with Crippen molar-refractivity contribution in [2.75, 3.05) is 0 Å². The van der Waals surface area contributed by atoms with Crippen molar-refractivity contribution in [3.63, 3.8) is 0 Å². The van der Waals surface area contributed by atoms with E-state index >= 15 is 0 Å². The predicted molar refractivity (Wildman–Crippen MR) is 56.4 cm³/mol. The molecule has 0 unspecified atom stereocenters. The van der Waals surface area contributed by atoms with Gasteiger partial charge in [-0.15, -0.1) is 0 Å². The molecule has 0 aromatic heterocycles. The molecule has 0 aromatic rings. The molecule has 0 saturated carbocycles. The Kier molecular flexibility index (Phi) is 8.36. The Morgan fingerprint density at radius 1 is 1.43 bits per heavy atom. The lowest BCUT2D eigenvalue weighted by atomic mass is 10.1. The molecule has 0 aliphatic carbocycles. The van der Waals surface area contributed by atoms with Crippen LogP contribution in [0.4, 0.5) is 0 Å². The van der Waals surface area contributed by atoms with Crippen molar-refractivity contribution >= 4 is 5.78 Å². The van der Waals surface area contributed by atoms with Gasteiger partial charge in [-0.25, -0.2) is 0 Å².